The summed E-state index contributed by atoms with van der Waals surface area (Å²) in [6, 6.07) is 6.18. The standard InChI is InChI=1S/C21H32O2/c1-4-6-7-8-9-10-11-15-21(3)16-14-18-17-19(22-5-2)12-13-20(18)23-21/h11-13,15,17H,4-10,14,16H2,1-3H3/b15-11+. The molecule has 23 heavy (non-hydrogen) atoms. The van der Waals surface area contributed by atoms with Crippen LogP contribution in [0.3, 0.4) is 0 Å². The van der Waals surface area contributed by atoms with Gasteiger partial charge < -0.3 is 9.47 Å². The van der Waals surface area contributed by atoms with E-state index < -0.39 is 0 Å². The van der Waals surface area contributed by atoms with Gasteiger partial charge in [0.05, 0.1) is 6.61 Å². The highest BCUT2D eigenvalue weighted by molar-refractivity contribution is 5.42. The Labute approximate surface area is 141 Å². The fraction of sp³-hybridized carbons (Fsp3) is 0.619. The zero-order valence-corrected chi connectivity index (χ0v) is 15.1. The van der Waals surface area contributed by atoms with Crippen molar-refractivity contribution in [2.24, 2.45) is 0 Å². The second-order valence-electron chi connectivity index (χ2n) is 6.72. The molecule has 2 nitrogen and oxygen atoms in total. The van der Waals surface area contributed by atoms with E-state index in [1.807, 2.05) is 13.0 Å². The molecule has 1 atom stereocenters. The normalized spacial score (nSPS) is 20.3. The van der Waals surface area contributed by atoms with E-state index in [4.69, 9.17) is 9.47 Å². The molecule has 0 aliphatic carbocycles. The van der Waals surface area contributed by atoms with Gasteiger partial charge in [-0.25, -0.2) is 0 Å². The van der Waals surface area contributed by atoms with Crippen LogP contribution in [0.15, 0.2) is 30.4 Å². The van der Waals surface area contributed by atoms with Crippen molar-refractivity contribution in [2.45, 2.75) is 77.7 Å². The Kier molecular flexibility index (Phi) is 7.01. The van der Waals surface area contributed by atoms with Gasteiger partial charge in [0.25, 0.3) is 0 Å². The molecule has 2 rings (SSSR count). The monoisotopic (exact) mass is 316 g/mol. The number of unbranched alkanes of at least 4 members (excludes halogenated alkanes) is 5. The van der Waals surface area contributed by atoms with E-state index >= 15 is 0 Å². The lowest BCUT2D eigenvalue weighted by Gasteiger charge is -2.33. The van der Waals surface area contributed by atoms with Crippen molar-refractivity contribution in [3.05, 3.63) is 35.9 Å². The minimum atomic E-state index is -0.163. The third-order valence-corrected chi connectivity index (χ3v) is 4.52. The third kappa shape index (κ3) is 5.60. The summed E-state index contributed by atoms with van der Waals surface area (Å²) in [5.74, 6) is 1.95. The van der Waals surface area contributed by atoms with E-state index in [0.29, 0.717) is 6.61 Å². The van der Waals surface area contributed by atoms with Crippen LogP contribution >= 0.6 is 0 Å². The van der Waals surface area contributed by atoms with Crippen LogP contribution in [0.1, 0.15) is 71.3 Å². The maximum absolute atomic E-state index is 6.26. The third-order valence-electron chi connectivity index (χ3n) is 4.52. The van der Waals surface area contributed by atoms with E-state index in [2.05, 4.69) is 38.1 Å². The summed E-state index contributed by atoms with van der Waals surface area (Å²) in [4.78, 5) is 0. The van der Waals surface area contributed by atoms with Gasteiger partial charge >= 0.3 is 0 Å². The predicted molar refractivity (Wildman–Crippen MR) is 97.5 cm³/mol. The van der Waals surface area contributed by atoms with Crippen molar-refractivity contribution in [3.8, 4) is 11.5 Å². The number of aryl methyl sites for hydroxylation is 1. The van der Waals surface area contributed by atoms with Gasteiger partial charge in [-0.2, -0.15) is 0 Å². The van der Waals surface area contributed by atoms with E-state index in [9.17, 15) is 0 Å². The molecule has 1 unspecified atom stereocenters. The highest BCUT2D eigenvalue weighted by atomic mass is 16.5. The van der Waals surface area contributed by atoms with Crippen LogP contribution in [-0.4, -0.2) is 12.2 Å². The van der Waals surface area contributed by atoms with Gasteiger partial charge in [-0.3, -0.25) is 0 Å². The van der Waals surface area contributed by atoms with Gasteiger partial charge in [0.1, 0.15) is 17.1 Å². The maximum atomic E-state index is 6.26. The number of ether oxygens (including phenoxy) is 2. The number of allylic oxidation sites excluding steroid dienone is 1. The molecule has 1 aliphatic heterocycles. The predicted octanol–water partition coefficient (Wildman–Crippen LogP) is 6.09. The van der Waals surface area contributed by atoms with Crippen molar-refractivity contribution in [2.75, 3.05) is 6.61 Å². The quantitative estimate of drug-likeness (QED) is 0.405. The number of fused-ring (bicyclic) bond motifs is 1. The fourth-order valence-electron chi connectivity index (χ4n) is 3.11. The molecule has 128 valence electrons. The zero-order chi connectivity index (χ0) is 16.5. The summed E-state index contributed by atoms with van der Waals surface area (Å²) in [5, 5.41) is 0. The summed E-state index contributed by atoms with van der Waals surface area (Å²) in [6.07, 6.45) is 14.5. The Morgan fingerprint density at radius 2 is 2.00 bits per heavy atom. The van der Waals surface area contributed by atoms with Crippen molar-refractivity contribution in [1.29, 1.82) is 0 Å². The van der Waals surface area contributed by atoms with E-state index in [1.54, 1.807) is 0 Å². The first-order valence-corrected chi connectivity index (χ1v) is 9.29. The average Bonchev–Trinajstić information content (AvgIpc) is 2.55. The van der Waals surface area contributed by atoms with E-state index in [-0.39, 0.29) is 5.60 Å². The fourth-order valence-corrected chi connectivity index (χ4v) is 3.11. The van der Waals surface area contributed by atoms with Crippen molar-refractivity contribution in [3.63, 3.8) is 0 Å². The highest BCUT2D eigenvalue weighted by Crippen LogP contribution is 2.36. The van der Waals surface area contributed by atoms with Crippen LogP contribution < -0.4 is 9.47 Å². The molecule has 2 heteroatoms. The number of rotatable bonds is 9. The first kappa shape index (κ1) is 17.9. The SMILES string of the molecule is CCCCCCC/C=C/C1(C)CCc2cc(OCC)ccc2O1. The lowest BCUT2D eigenvalue weighted by molar-refractivity contribution is 0.114. The molecule has 0 N–H and O–H groups in total. The minimum Gasteiger partial charge on any atom is -0.494 e. The molecule has 0 spiro atoms. The van der Waals surface area contributed by atoms with Gasteiger partial charge in [0.2, 0.25) is 0 Å². The molecule has 0 aromatic heterocycles. The molecule has 0 bridgehead atoms. The zero-order valence-electron chi connectivity index (χ0n) is 15.1. The molecular weight excluding hydrogens is 284 g/mol. The molecule has 1 aliphatic rings. The summed E-state index contributed by atoms with van der Waals surface area (Å²) in [7, 11) is 0. The van der Waals surface area contributed by atoms with Crippen molar-refractivity contribution in [1.82, 2.24) is 0 Å². The topological polar surface area (TPSA) is 18.5 Å². The lowest BCUT2D eigenvalue weighted by Crippen LogP contribution is -2.34. The van der Waals surface area contributed by atoms with Gasteiger partial charge in [-0.15, -0.1) is 0 Å². The van der Waals surface area contributed by atoms with Crippen LogP contribution in [0, 0.1) is 0 Å². The molecule has 0 saturated heterocycles. The molecule has 1 aromatic rings. The summed E-state index contributed by atoms with van der Waals surface area (Å²) < 4.78 is 11.8. The molecule has 0 fully saturated rings. The van der Waals surface area contributed by atoms with Crippen molar-refractivity contribution >= 4 is 0 Å². The highest BCUT2D eigenvalue weighted by Gasteiger charge is 2.28. The smallest absolute Gasteiger partial charge is 0.125 e. The first-order chi connectivity index (χ1) is 11.2. The number of hydrogen-bond acceptors (Lipinski definition) is 2. The van der Waals surface area contributed by atoms with Crippen molar-refractivity contribution < 1.29 is 9.47 Å². The molecule has 1 heterocycles. The molecule has 0 amide bonds. The van der Waals surface area contributed by atoms with E-state index in [0.717, 1.165) is 24.3 Å². The van der Waals surface area contributed by atoms with E-state index in [1.165, 1.54) is 44.1 Å². The van der Waals surface area contributed by atoms with Crippen LogP contribution in [-0.2, 0) is 6.42 Å². The van der Waals surface area contributed by atoms with Crippen LogP contribution in [0.4, 0.5) is 0 Å². The van der Waals surface area contributed by atoms with Crippen LogP contribution in [0.5, 0.6) is 11.5 Å². The van der Waals surface area contributed by atoms with Gasteiger partial charge in [0, 0.05) is 0 Å². The Morgan fingerprint density at radius 3 is 2.78 bits per heavy atom. The molecule has 0 radical (unpaired) electrons. The average molecular weight is 316 g/mol. The first-order valence-electron chi connectivity index (χ1n) is 9.29. The lowest BCUT2D eigenvalue weighted by atomic mass is 9.91. The largest absolute Gasteiger partial charge is 0.494 e. The second kappa shape index (κ2) is 9.00. The minimum absolute atomic E-state index is 0.163. The maximum Gasteiger partial charge on any atom is 0.125 e. The summed E-state index contributed by atoms with van der Waals surface area (Å²) >= 11 is 0. The van der Waals surface area contributed by atoms with Gasteiger partial charge in [-0.05, 0) is 69.4 Å². The van der Waals surface area contributed by atoms with Gasteiger partial charge in [0.15, 0.2) is 0 Å². The summed E-state index contributed by atoms with van der Waals surface area (Å²) in [6.45, 7) is 7.18. The summed E-state index contributed by atoms with van der Waals surface area (Å²) in [5.41, 5.74) is 1.10. The second-order valence-corrected chi connectivity index (χ2v) is 6.72. The Bertz CT molecular complexity index is 507. The number of hydrogen-bond donors (Lipinski definition) is 0. The molecule has 0 saturated carbocycles. The van der Waals surface area contributed by atoms with Crippen LogP contribution in [0.2, 0.25) is 0 Å². The Hall–Kier alpha value is -1.44. The van der Waals surface area contributed by atoms with Gasteiger partial charge in [-0.1, -0.05) is 38.7 Å². The molecule has 1 aromatic carbocycles. The number of benzene rings is 1. The Balaban J connectivity index is 1.84. The Morgan fingerprint density at radius 1 is 1.17 bits per heavy atom. The molecular formula is C21H32O2. The van der Waals surface area contributed by atoms with Crippen LogP contribution in [0.25, 0.3) is 0 Å².